The van der Waals surface area contributed by atoms with E-state index in [1.165, 1.54) is 12.1 Å². The summed E-state index contributed by atoms with van der Waals surface area (Å²) in [5, 5.41) is 2.87. The number of carbonyl (C=O) groups excluding carboxylic acids is 1. The van der Waals surface area contributed by atoms with Crippen LogP contribution in [0.4, 0.5) is 0 Å². The van der Waals surface area contributed by atoms with Crippen LogP contribution in [-0.2, 0) is 23.2 Å². The molecule has 31 heavy (non-hydrogen) atoms. The minimum absolute atomic E-state index is 0.0664. The number of ether oxygens (including phenoxy) is 1. The van der Waals surface area contributed by atoms with Crippen molar-refractivity contribution in [2.24, 2.45) is 0 Å². The highest BCUT2D eigenvalue weighted by Crippen LogP contribution is 2.20. The zero-order chi connectivity index (χ0) is 22.3. The Kier molecular flexibility index (Phi) is 7.44. The summed E-state index contributed by atoms with van der Waals surface area (Å²) < 4.78 is 32.9. The molecular formula is C24H26N2O4S. The summed E-state index contributed by atoms with van der Waals surface area (Å²) >= 11 is 0. The smallest absolute Gasteiger partial charge is 0.251 e. The monoisotopic (exact) mass is 438 g/mol. The topological polar surface area (TPSA) is 84.5 Å². The molecule has 1 amide bonds. The van der Waals surface area contributed by atoms with Gasteiger partial charge < -0.3 is 10.1 Å². The van der Waals surface area contributed by atoms with Crippen LogP contribution in [0, 0.1) is 6.92 Å². The highest BCUT2D eigenvalue weighted by atomic mass is 32.2. The molecule has 0 aliphatic carbocycles. The fraction of sp³-hybridized carbons (Fsp3) is 0.208. The van der Waals surface area contributed by atoms with Crippen LogP contribution in [-0.4, -0.2) is 20.9 Å². The van der Waals surface area contributed by atoms with E-state index in [0.717, 1.165) is 11.1 Å². The van der Waals surface area contributed by atoms with Gasteiger partial charge in [-0.05, 0) is 36.2 Å². The fourth-order valence-electron chi connectivity index (χ4n) is 3.08. The van der Waals surface area contributed by atoms with E-state index in [1.807, 2.05) is 54.6 Å². The Morgan fingerprint density at radius 3 is 2.42 bits per heavy atom. The van der Waals surface area contributed by atoms with Crippen LogP contribution in [0.15, 0.2) is 77.7 Å². The molecule has 0 fully saturated rings. The third kappa shape index (κ3) is 5.93. The molecule has 3 rings (SSSR count). The number of nitrogens with one attached hydrogen (secondary N) is 2. The molecule has 0 heterocycles. The zero-order valence-electron chi connectivity index (χ0n) is 17.6. The zero-order valence-corrected chi connectivity index (χ0v) is 18.4. The largest absolute Gasteiger partial charge is 0.489 e. The van der Waals surface area contributed by atoms with E-state index in [1.54, 1.807) is 19.9 Å². The Bertz CT molecular complexity index is 1150. The van der Waals surface area contributed by atoms with Gasteiger partial charge >= 0.3 is 0 Å². The number of benzene rings is 3. The predicted molar refractivity (Wildman–Crippen MR) is 120 cm³/mol. The van der Waals surface area contributed by atoms with Gasteiger partial charge in [0.1, 0.15) is 12.4 Å². The standard InChI is InChI=1S/C24H26N2O4S/c1-3-26-31(28,29)21-14-13-18(2)22(15-21)24(27)25-16-20-11-7-8-12-23(20)30-17-19-9-5-4-6-10-19/h4-15,26H,3,16-17H2,1-2H3,(H,25,27). The lowest BCUT2D eigenvalue weighted by molar-refractivity contribution is 0.0949. The van der Waals surface area contributed by atoms with E-state index >= 15 is 0 Å². The maximum absolute atomic E-state index is 12.8. The van der Waals surface area contributed by atoms with Gasteiger partial charge in [0, 0.05) is 24.2 Å². The number of para-hydroxylation sites is 1. The highest BCUT2D eigenvalue weighted by Gasteiger charge is 2.17. The van der Waals surface area contributed by atoms with Crippen molar-refractivity contribution in [3.05, 3.63) is 95.1 Å². The van der Waals surface area contributed by atoms with E-state index in [-0.39, 0.29) is 23.9 Å². The molecule has 7 heteroatoms. The molecule has 0 radical (unpaired) electrons. The third-order valence-electron chi connectivity index (χ3n) is 4.75. The molecular weight excluding hydrogens is 412 g/mol. The van der Waals surface area contributed by atoms with Crippen LogP contribution in [0.1, 0.15) is 34.0 Å². The maximum atomic E-state index is 12.8. The van der Waals surface area contributed by atoms with Gasteiger partial charge in [-0.1, -0.05) is 61.5 Å². The normalized spacial score (nSPS) is 11.2. The van der Waals surface area contributed by atoms with Gasteiger partial charge in [-0.3, -0.25) is 4.79 Å². The van der Waals surface area contributed by atoms with Crippen LogP contribution >= 0.6 is 0 Å². The second kappa shape index (κ2) is 10.2. The number of amides is 1. The van der Waals surface area contributed by atoms with Gasteiger partial charge in [0.25, 0.3) is 5.91 Å². The Balaban J connectivity index is 1.71. The minimum Gasteiger partial charge on any atom is -0.489 e. The van der Waals surface area contributed by atoms with Gasteiger partial charge in [0.15, 0.2) is 0 Å². The van der Waals surface area contributed by atoms with Crippen molar-refractivity contribution in [2.45, 2.75) is 31.9 Å². The molecule has 0 saturated carbocycles. The van der Waals surface area contributed by atoms with Gasteiger partial charge in [-0.15, -0.1) is 0 Å². The highest BCUT2D eigenvalue weighted by molar-refractivity contribution is 7.89. The second-order valence-corrected chi connectivity index (χ2v) is 8.81. The number of hydrogen-bond donors (Lipinski definition) is 2. The van der Waals surface area contributed by atoms with Crippen molar-refractivity contribution in [3.63, 3.8) is 0 Å². The molecule has 6 nitrogen and oxygen atoms in total. The van der Waals surface area contributed by atoms with E-state index in [9.17, 15) is 13.2 Å². The number of rotatable bonds is 9. The number of hydrogen-bond acceptors (Lipinski definition) is 4. The summed E-state index contributed by atoms with van der Waals surface area (Å²) in [6.07, 6.45) is 0. The molecule has 162 valence electrons. The molecule has 0 saturated heterocycles. The van der Waals surface area contributed by atoms with Crippen molar-refractivity contribution in [2.75, 3.05) is 6.54 Å². The quantitative estimate of drug-likeness (QED) is 0.532. The Labute approximate surface area is 183 Å². The predicted octanol–water partition coefficient (Wildman–Crippen LogP) is 3.80. The van der Waals surface area contributed by atoms with Crippen LogP contribution in [0.25, 0.3) is 0 Å². The maximum Gasteiger partial charge on any atom is 0.251 e. The number of carbonyl (C=O) groups is 1. The Morgan fingerprint density at radius 2 is 1.68 bits per heavy atom. The van der Waals surface area contributed by atoms with Gasteiger partial charge in [-0.2, -0.15) is 0 Å². The molecule has 2 N–H and O–H groups in total. The summed E-state index contributed by atoms with van der Waals surface area (Å²) in [6.45, 7) is 4.44. The van der Waals surface area contributed by atoms with E-state index in [2.05, 4.69) is 10.0 Å². The van der Waals surface area contributed by atoms with Crippen LogP contribution in [0.5, 0.6) is 5.75 Å². The molecule has 0 bridgehead atoms. The Hall–Kier alpha value is -3.16. The summed E-state index contributed by atoms with van der Waals surface area (Å²) in [5.74, 6) is 0.343. The summed E-state index contributed by atoms with van der Waals surface area (Å²) in [6, 6.07) is 21.9. The lowest BCUT2D eigenvalue weighted by Crippen LogP contribution is -2.26. The van der Waals surface area contributed by atoms with Crippen LogP contribution in [0.2, 0.25) is 0 Å². The molecule has 3 aromatic rings. The lowest BCUT2D eigenvalue weighted by Gasteiger charge is -2.14. The van der Waals surface area contributed by atoms with Crippen molar-refractivity contribution in [1.29, 1.82) is 0 Å². The molecule has 0 spiro atoms. The first kappa shape index (κ1) is 22.5. The van der Waals surface area contributed by atoms with Crippen LogP contribution < -0.4 is 14.8 Å². The molecule has 0 atom stereocenters. The minimum atomic E-state index is -3.64. The van der Waals surface area contributed by atoms with E-state index in [4.69, 9.17) is 4.74 Å². The first-order chi connectivity index (χ1) is 14.9. The molecule has 0 unspecified atom stereocenters. The van der Waals surface area contributed by atoms with Crippen LogP contribution in [0.3, 0.4) is 0 Å². The summed E-state index contributed by atoms with van der Waals surface area (Å²) in [4.78, 5) is 12.9. The van der Waals surface area contributed by atoms with Gasteiger partial charge in [-0.25, -0.2) is 13.1 Å². The number of aryl methyl sites for hydroxylation is 1. The SMILES string of the molecule is CCNS(=O)(=O)c1ccc(C)c(C(=O)NCc2ccccc2OCc2ccccc2)c1. The van der Waals surface area contributed by atoms with Gasteiger partial charge in [0.05, 0.1) is 4.90 Å². The molecule has 0 aliphatic heterocycles. The average molecular weight is 439 g/mol. The lowest BCUT2D eigenvalue weighted by atomic mass is 10.1. The molecule has 0 aromatic heterocycles. The molecule has 0 aliphatic rings. The third-order valence-corrected chi connectivity index (χ3v) is 6.29. The van der Waals surface area contributed by atoms with E-state index in [0.29, 0.717) is 23.5 Å². The van der Waals surface area contributed by atoms with Crippen molar-refractivity contribution in [1.82, 2.24) is 10.0 Å². The van der Waals surface area contributed by atoms with Crippen molar-refractivity contribution in [3.8, 4) is 5.75 Å². The second-order valence-electron chi connectivity index (χ2n) is 7.04. The Morgan fingerprint density at radius 1 is 0.968 bits per heavy atom. The summed E-state index contributed by atoms with van der Waals surface area (Å²) in [7, 11) is -3.64. The summed E-state index contributed by atoms with van der Waals surface area (Å²) in [5.41, 5.74) is 2.90. The first-order valence-corrected chi connectivity index (χ1v) is 11.5. The molecule has 3 aromatic carbocycles. The fourth-order valence-corrected chi connectivity index (χ4v) is 4.15. The van der Waals surface area contributed by atoms with E-state index < -0.39 is 10.0 Å². The van der Waals surface area contributed by atoms with Gasteiger partial charge in [0.2, 0.25) is 10.0 Å². The number of sulfonamides is 1. The first-order valence-electron chi connectivity index (χ1n) is 10.0. The van der Waals surface area contributed by atoms with Crippen molar-refractivity contribution < 1.29 is 17.9 Å². The van der Waals surface area contributed by atoms with Crippen molar-refractivity contribution >= 4 is 15.9 Å². The average Bonchev–Trinajstić information content (AvgIpc) is 2.77.